The number of fused-ring (bicyclic) bond motifs is 3. The normalized spacial score (nSPS) is 33.0. The summed E-state index contributed by atoms with van der Waals surface area (Å²) in [5.74, 6) is -1.26. The fourth-order valence-corrected chi connectivity index (χ4v) is 6.91. The highest BCUT2D eigenvalue weighted by Gasteiger charge is 2.65. The summed E-state index contributed by atoms with van der Waals surface area (Å²) < 4.78 is 20.8. The minimum atomic E-state index is -1.15. The molecule has 0 bridgehead atoms. The fraction of sp³-hybridized carbons (Fsp3) is 0.462. The van der Waals surface area contributed by atoms with E-state index >= 15 is 4.39 Å². The van der Waals surface area contributed by atoms with Crippen molar-refractivity contribution >= 4 is 40.8 Å². The molecule has 35 heavy (non-hydrogen) atoms. The van der Waals surface area contributed by atoms with Gasteiger partial charge in [0.15, 0.2) is 0 Å². The number of nitrogens with zero attached hydrogens (tertiary/aromatic N) is 1. The van der Waals surface area contributed by atoms with Gasteiger partial charge in [0, 0.05) is 47.4 Å². The van der Waals surface area contributed by atoms with Crippen molar-refractivity contribution < 1.29 is 18.7 Å². The average molecular weight is 518 g/mol. The maximum atomic E-state index is 15.6. The Kier molecular flexibility index (Phi) is 5.60. The Hall–Kier alpha value is -2.19. The zero-order valence-electron chi connectivity index (χ0n) is 19.2. The van der Waals surface area contributed by atoms with E-state index in [9.17, 15) is 9.59 Å². The van der Waals surface area contributed by atoms with Crippen LogP contribution in [-0.4, -0.2) is 48.6 Å². The van der Waals surface area contributed by atoms with Crippen LogP contribution >= 0.6 is 23.2 Å². The number of likely N-dealkylation sites (tertiary alicyclic amines) is 1. The fourth-order valence-electron chi connectivity index (χ4n) is 6.56. The van der Waals surface area contributed by atoms with Crippen LogP contribution in [0.3, 0.4) is 0 Å². The molecule has 0 radical (unpaired) electrons. The Morgan fingerprint density at radius 3 is 2.91 bits per heavy atom. The SMILES string of the molecule is CCOC(=O)C1CC1CN1CC[C@@H]2N[C@@]3(C(=O)Nc4cc(Cl)ccc43)[C@@H](c3cccc(Cl)c3F)[C@@H]21. The lowest BCUT2D eigenvalue weighted by Gasteiger charge is -2.36. The van der Waals surface area contributed by atoms with E-state index in [4.69, 9.17) is 27.9 Å². The van der Waals surface area contributed by atoms with Gasteiger partial charge in [-0.05, 0) is 49.4 Å². The number of esters is 1. The molecule has 4 aliphatic rings. The van der Waals surface area contributed by atoms with E-state index in [1.807, 2.05) is 13.0 Å². The summed E-state index contributed by atoms with van der Waals surface area (Å²) in [4.78, 5) is 28.2. The molecular weight excluding hydrogens is 492 g/mol. The Balaban J connectivity index is 1.41. The van der Waals surface area contributed by atoms with Crippen molar-refractivity contribution in [2.75, 3.05) is 25.0 Å². The Labute approximate surface area is 213 Å². The highest BCUT2D eigenvalue weighted by atomic mass is 35.5. The van der Waals surface area contributed by atoms with Crippen LogP contribution in [0.25, 0.3) is 0 Å². The number of carbonyl (C=O) groups is 2. The van der Waals surface area contributed by atoms with Crippen molar-refractivity contribution in [1.82, 2.24) is 10.2 Å². The van der Waals surface area contributed by atoms with Crippen LogP contribution in [0.4, 0.5) is 10.1 Å². The Bertz CT molecular complexity index is 1230. The molecule has 2 saturated heterocycles. The smallest absolute Gasteiger partial charge is 0.309 e. The van der Waals surface area contributed by atoms with Crippen molar-refractivity contribution in [2.24, 2.45) is 11.8 Å². The molecule has 1 saturated carbocycles. The minimum Gasteiger partial charge on any atom is -0.466 e. The molecule has 2 aromatic rings. The Morgan fingerprint density at radius 1 is 1.29 bits per heavy atom. The van der Waals surface area contributed by atoms with Crippen molar-refractivity contribution in [1.29, 1.82) is 0 Å². The van der Waals surface area contributed by atoms with E-state index in [0.29, 0.717) is 29.4 Å². The minimum absolute atomic E-state index is 0.0226. The largest absolute Gasteiger partial charge is 0.466 e. The van der Waals surface area contributed by atoms with Gasteiger partial charge in [-0.25, -0.2) is 4.39 Å². The average Bonchev–Trinajstić information content (AvgIpc) is 3.25. The molecule has 184 valence electrons. The molecule has 0 aromatic heterocycles. The molecule has 6 nitrogen and oxygen atoms in total. The van der Waals surface area contributed by atoms with E-state index < -0.39 is 17.3 Å². The topological polar surface area (TPSA) is 70.7 Å². The summed E-state index contributed by atoms with van der Waals surface area (Å²) >= 11 is 12.4. The molecule has 1 spiro atoms. The van der Waals surface area contributed by atoms with Gasteiger partial charge in [-0.2, -0.15) is 0 Å². The van der Waals surface area contributed by atoms with Crippen molar-refractivity contribution in [3.63, 3.8) is 0 Å². The number of anilines is 1. The Morgan fingerprint density at radius 2 is 2.11 bits per heavy atom. The molecule has 1 aliphatic carbocycles. The van der Waals surface area contributed by atoms with Gasteiger partial charge in [0.25, 0.3) is 0 Å². The zero-order valence-corrected chi connectivity index (χ0v) is 20.7. The summed E-state index contributed by atoms with van der Waals surface area (Å²) in [6, 6.07) is 10.2. The number of halogens is 3. The van der Waals surface area contributed by atoms with Crippen LogP contribution in [-0.2, 0) is 19.9 Å². The number of rotatable bonds is 5. The second-order valence-electron chi connectivity index (χ2n) is 9.95. The van der Waals surface area contributed by atoms with Gasteiger partial charge in [0.2, 0.25) is 5.91 Å². The molecule has 3 heterocycles. The molecule has 2 N–H and O–H groups in total. The maximum absolute atomic E-state index is 15.6. The lowest BCUT2D eigenvalue weighted by atomic mass is 9.74. The van der Waals surface area contributed by atoms with Crippen molar-refractivity contribution in [3.05, 3.63) is 63.4 Å². The van der Waals surface area contributed by atoms with Gasteiger partial charge in [-0.3, -0.25) is 19.8 Å². The summed E-state index contributed by atoms with van der Waals surface area (Å²) in [5, 5.41) is 7.16. The second-order valence-corrected chi connectivity index (χ2v) is 10.8. The number of ether oxygens (including phenoxy) is 1. The van der Waals surface area contributed by atoms with Crippen molar-refractivity contribution in [3.8, 4) is 0 Å². The summed E-state index contributed by atoms with van der Waals surface area (Å²) in [5.41, 5.74) is 0.670. The summed E-state index contributed by atoms with van der Waals surface area (Å²) in [6.45, 7) is 3.69. The van der Waals surface area contributed by atoms with Crippen LogP contribution in [0.15, 0.2) is 36.4 Å². The molecule has 1 amide bonds. The first-order valence-corrected chi connectivity index (χ1v) is 12.8. The molecule has 3 aliphatic heterocycles. The van der Waals surface area contributed by atoms with Crippen molar-refractivity contribution in [2.45, 2.75) is 43.3 Å². The van der Waals surface area contributed by atoms with Gasteiger partial charge in [0.1, 0.15) is 11.4 Å². The third kappa shape index (κ3) is 3.50. The first-order chi connectivity index (χ1) is 16.8. The van der Waals surface area contributed by atoms with Crippen LogP contribution in [0.1, 0.15) is 36.8 Å². The van der Waals surface area contributed by atoms with Crippen LogP contribution in [0, 0.1) is 17.7 Å². The van der Waals surface area contributed by atoms with Gasteiger partial charge in [-0.15, -0.1) is 0 Å². The maximum Gasteiger partial charge on any atom is 0.309 e. The molecular formula is C26H26Cl2FN3O3. The van der Waals surface area contributed by atoms with E-state index in [0.717, 1.165) is 24.9 Å². The van der Waals surface area contributed by atoms with Gasteiger partial charge in [0.05, 0.1) is 17.5 Å². The highest BCUT2D eigenvalue weighted by molar-refractivity contribution is 6.31. The highest BCUT2D eigenvalue weighted by Crippen LogP contribution is 2.56. The number of amides is 1. The number of hydrogen-bond donors (Lipinski definition) is 2. The second kappa shape index (κ2) is 8.44. The number of benzene rings is 2. The predicted octanol–water partition coefficient (Wildman–Crippen LogP) is 4.31. The van der Waals surface area contributed by atoms with Gasteiger partial charge < -0.3 is 10.1 Å². The third-order valence-corrected chi connectivity index (χ3v) is 8.62. The lowest BCUT2D eigenvalue weighted by Crippen LogP contribution is -2.50. The summed E-state index contributed by atoms with van der Waals surface area (Å²) in [7, 11) is 0. The van der Waals surface area contributed by atoms with Crippen LogP contribution in [0.5, 0.6) is 0 Å². The third-order valence-electron chi connectivity index (χ3n) is 8.09. The van der Waals surface area contributed by atoms with Crippen LogP contribution in [0.2, 0.25) is 10.0 Å². The molecule has 9 heteroatoms. The number of nitrogens with one attached hydrogen (secondary N) is 2. The molecule has 3 fully saturated rings. The monoisotopic (exact) mass is 517 g/mol. The molecule has 6 rings (SSSR count). The first-order valence-electron chi connectivity index (χ1n) is 12.1. The number of hydrogen-bond acceptors (Lipinski definition) is 5. The van der Waals surface area contributed by atoms with E-state index in [2.05, 4.69) is 15.5 Å². The van der Waals surface area contributed by atoms with Gasteiger partial charge in [-0.1, -0.05) is 41.4 Å². The molecule has 6 atom stereocenters. The lowest BCUT2D eigenvalue weighted by molar-refractivity contribution is -0.145. The first kappa shape index (κ1) is 23.2. The van der Waals surface area contributed by atoms with E-state index in [1.165, 1.54) is 6.07 Å². The summed E-state index contributed by atoms with van der Waals surface area (Å²) in [6.07, 6.45) is 1.61. The quantitative estimate of drug-likeness (QED) is 0.578. The molecule has 2 aromatic carbocycles. The standard InChI is InChI=1S/C26H26Cl2FN3O3/c1-2-35-24(33)16-10-13(16)12-32-9-8-19-23(32)21(15-4-3-5-18(28)22(15)29)26(31-19)17-7-6-14(27)11-20(17)30-25(26)34/h3-7,11,13,16,19,21,23,31H,2,8-10,12H2,1H3,(H,30,34)/t13?,16?,19-,21-,23+,26+/m0/s1. The van der Waals surface area contributed by atoms with Gasteiger partial charge >= 0.3 is 5.97 Å². The van der Waals surface area contributed by atoms with E-state index in [-0.39, 0.29) is 40.8 Å². The van der Waals surface area contributed by atoms with Crippen LogP contribution < -0.4 is 10.6 Å². The number of carbonyl (C=O) groups excluding carboxylic acids is 2. The molecule has 2 unspecified atom stereocenters. The predicted molar refractivity (Wildman–Crippen MR) is 131 cm³/mol. The van der Waals surface area contributed by atoms with E-state index in [1.54, 1.807) is 24.3 Å². The zero-order chi connectivity index (χ0) is 24.5.